The van der Waals surface area contributed by atoms with Crippen molar-refractivity contribution in [3.05, 3.63) is 0 Å². The third-order valence-corrected chi connectivity index (χ3v) is 3.15. The number of ether oxygens (including phenoxy) is 1. The van der Waals surface area contributed by atoms with Crippen LogP contribution < -0.4 is 5.32 Å². The van der Waals surface area contributed by atoms with Crippen molar-refractivity contribution in [3.8, 4) is 0 Å². The van der Waals surface area contributed by atoms with E-state index in [1.807, 2.05) is 0 Å². The lowest BCUT2D eigenvalue weighted by atomic mass is 10.2. The molecule has 0 aliphatic carbocycles. The second-order valence-corrected chi connectivity index (χ2v) is 4.81. The molecule has 90 valence electrons. The second-order valence-electron chi connectivity index (χ2n) is 4.81. The zero-order chi connectivity index (χ0) is 11.1. The number of rotatable bonds is 7. The Balaban J connectivity index is 2.03. The predicted octanol–water partition coefficient (Wildman–Crippen LogP) is 1.34. The first kappa shape index (κ1) is 12.9. The summed E-state index contributed by atoms with van der Waals surface area (Å²) in [6.07, 6.45) is 2.76. The van der Waals surface area contributed by atoms with Crippen LogP contribution in [-0.4, -0.2) is 50.8 Å². The second kappa shape index (κ2) is 7.20. The Morgan fingerprint density at radius 2 is 1.87 bits per heavy atom. The minimum Gasteiger partial charge on any atom is -0.384 e. The van der Waals surface area contributed by atoms with E-state index in [9.17, 15) is 0 Å². The van der Waals surface area contributed by atoms with E-state index >= 15 is 0 Å². The van der Waals surface area contributed by atoms with E-state index in [1.165, 1.54) is 25.9 Å². The zero-order valence-electron chi connectivity index (χ0n) is 10.5. The van der Waals surface area contributed by atoms with Crippen molar-refractivity contribution in [1.29, 1.82) is 0 Å². The lowest BCUT2D eigenvalue weighted by molar-refractivity contribution is 0.156. The molecule has 0 saturated carbocycles. The summed E-state index contributed by atoms with van der Waals surface area (Å²) in [5.74, 6) is 0.612. The zero-order valence-corrected chi connectivity index (χ0v) is 10.5. The van der Waals surface area contributed by atoms with Gasteiger partial charge in [-0.25, -0.2) is 0 Å². The highest BCUT2D eigenvalue weighted by Gasteiger charge is 2.17. The van der Waals surface area contributed by atoms with Gasteiger partial charge in [-0.15, -0.1) is 0 Å². The van der Waals surface area contributed by atoms with Gasteiger partial charge in [-0.2, -0.15) is 0 Å². The van der Waals surface area contributed by atoms with Crippen molar-refractivity contribution >= 4 is 0 Å². The maximum Gasteiger partial charge on any atom is 0.0499 e. The fourth-order valence-electron chi connectivity index (χ4n) is 2.19. The monoisotopic (exact) mass is 214 g/mol. The summed E-state index contributed by atoms with van der Waals surface area (Å²) >= 11 is 0. The van der Waals surface area contributed by atoms with Gasteiger partial charge in [0.2, 0.25) is 0 Å². The van der Waals surface area contributed by atoms with Gasteiger partial charge < -0.3 is 10.1 Å². The lowest BCUT2D eigenvalue weighted by Gasteiger charge is -2.24. The standard InChI is InChI=1S/C12H26N2O/c1-11(10-15-3)8-13-9-12(2)14-6-4-5-7-14/h11-13H,4-10H2,1-3H3. The highest BCUT2D eigenvalue weighted by Crippen LogP contribution is 2.10. The molecule has 0 amide bonds. The Bertz CT molecular complexity index is 158. The van der Waals surface area contributed by atoms with Crippen molar-refractivity contribution in [3.63, 3.8) is 0 Å². The minimum absolute atomic E-state index is 0.612. The number of methoxy groups -OCH3 is 1. The average molecular weight is 214 g/mol. The van der Waals surface area contributed by atoms with Gasteiger partial charge >= 0.3 is 0 Å². The van der Waals surface area contributed by atoms with Crippen LogP contribution in [0.15, 0.2) is 0 Å². The average Bonchev–Trinajstić information content (AvgIpc) is 2.70. The lowest BCUT2D eigenvalue weighted by Crippen LogP contribution is -2.40. The first-order chi connectivity index (χ1) is 7.24. The molecule has 2 atom stereocenters. The van der Waals surface area contributed by atoms with Gasteiger partial charge in [-0.05, 0) is 45.3 Å². The summed E-state index contributed by atoms with van der Waals surface area (Å²) < 4.78 is 5.11. The van der Waals surface area contributed by atoms with Gasteiger partial charge in [0, 0.05) is 26.3 Å². The maximum atomic E-state index is 5.11. The smallest absolute Gasteiger partial charge is 0.0499 e. The molecule has 0 aromatic carbocycles. The fourth-order valence-corrected chi connectivity index (χ4v) is 2.19. The van der Waals surface area contributed by atoms with Gasteiger partial charge in [0.25, 0.3) is 0 Å². The van der Waals surface area contributed by atoms with Crippen LogP contribution in [0.1, 0.15) is 26.7 Å². The first-order valence-electron chi connectivity index (χ1n) is 6.17. The summed E-state index contributed by atoms with van der Waals surface area (Å²) in [6.45, 7) is 10.1. The Hall–Kier alpha value is -0.120. The van der Waals surface area contributed by atoms with Gasteiger partial charge in [0.05, 0.1) is 0 Å². The molecule has 2 unspecified atom stereocenters. The molecule has 0 radical (unpaired) electrons. The molecule has 15 heavy (non-hydrogen) atoms. The number of hydrogen-bond acceptors (Lipinski definition) is 3. The number of nitrogens with zero attached hydrogens (tertiary/aromatic N) is 1. The molecule has 3 nitrogen and oxygen atoms in total. The van der Waals surface area contributed by atoms with Crippen LogP contribution in [-0.2, 0) is 4.74 Å². The summed E-state index contributed by atoms with van der Waals surface area (Å²) in [5, 5.41) is 3.52. The molecular formula is C12H26N2O. The molecule has 1 aliphatic rings. The molecule has 1 fully saturated rings. The predicted molar refractivity (Wildman–Crippen MR) is 64.2 cm³/mol. The number of hydrogen-bond donors (Lipinski definition) is 1. The number of nitrogens with one attached hydrogen (secondary N) is 1. The SMILES string of the molecule is COCC(C)CNCC(C)N1CCCC1. The van der Waals surface area contributed by atoms with Crippen LogP contribution in [0, 0.1) is 5.92 Å². The van der Waals surface area contributed by atoms with Gasteiger partial charge in [0.15, 0.2) is 0 Å². The summed E-state index contributed by atoms with van der Waals surface area (Å²) in [5.41, 5.74) is 0. The van der Waals surface area contributed by atoms with Crippen molar-refractivity contribution < 1.29 is 4.74 Å². The molecule has 0 spiro atoms. The Kier molecular flexibility index (Phi) is 6.22. The van der Waals surface area contributed by atoms with E-state index < -0.39 is 0 Å². The maximum absolute atomic E-state index is 5.11. The third kappa shape index (κ3) is 4.96. The molecule has 1 heterocycles. The molecule has 1 N–H and O–H groups in total. The van der Waals surface area contributed by atoms with Gasteiger partial charge in [-0.3, -0.25) is 4.90 Å². The van der Waals surface area contributed by atoms with Crippen LogP contribution in [0.2, 0.25) is 0 Å². The Labute approximate surface area is 94.2 Å². The summed E-state index contributed by atoms with van der Waals surface area (Å²) in [6, 6.07) is 0.683. The molecular weight excluding hydrogens is 188 g/mol. The molecule has 1 aliphatic heterocycles. The van der Waals surface area contributed by atoms with Crippen LogP contribution in [0.4, 0.5) is 0 Å². The van der Waals surface area contributed by atoms with Gasteiger partial charge in [0.1, 0.15) is 0 Å². The van der Waals surface area contributed by atoms with Crippen molar-refractivity contribution in [2.24, 2.45) is 5.92 Å². The molecule has 0 aromatic heterocycles. The van der Waals surface area contributed by atoms with Crippen molar-refractivity contribution in [1.82, 2.24) is 10.2 Å². The van der Waals surface area contributed by atoms with E-state index in [2.05, 4.69) is 24.1 Å². The van der Waals surface area contributed by atoms with Crippen molar-refractivity contribution in [2.45, 2.75) is 32.7 Å². The Morgan fingerprint density at radius 3 is 2.47 bits per heavy atom. The largest absolute Gasteiger partial charge is 0.384 e. The normalized spacial score (nSPS) is 21.8. The molecule has 3 heteroatoms. The van der Waals surface area contributed by atoms with Crippen LogP contribution >= 0.6 is 0 Å². The van der Waals surface area contributed by atoms with Crippen LogP contribution in [0.25, 0.3) is 0 Å². The van der Waals surface area contributed by atoms with Gasteiger partial charge in [-0.1, -0.05) is 6.92 Å². The van der Waals surface area contributed by atoms with E-state index in [1.54, 1.807) is 7.11 Å². The van der Waals surface area contributed by atoms with E-state index in [-0.39, 0.29) is 0 Å². The first-order valence-corrected chi connectivity index (χ1v) is 6.17. The van der Waals surface area contributed by atoms with E-state index in [4.69, 9.17) is 4.74 Å². The highest BCUT2D eigenvalue weighted by molar-refractivity contribution is 4.74. The fraction of sp³-hybridized carbons (Fsp3) is 1.00. The molecule has 1 rings (SSSR count). The molecule has 0 aromatic rings. The van der Waals surface area contributed by atoms with E-state index in [0.717, 1.165) is 19.7 Å². The quantitative estimate of drug-likeness (QED) is 0.692. The Morgan fingerprint density at radius 1 is 1.20 bits per heavy atom. The summed E-state index contributed by atoms with van der Waals surface area (Å²) in [4.78, 5) is 2.58. The third-order valence-electron chi connectivity index (χ3n) is 3.15. The van der Waals surface area contributed by atoms with Crippen LogP contribution in [0.3, 0.4) is 0 Å². The van der Waals surface area contributed by atoms with Crippen LogP contribution in [0.5, 0.6) is 0 Å². The summed E-state index contributed by atoms with van der Waals surface area (Å²) in [7, 11) is 1.77. The minimum atomic E-state index is 0.612. The molecule has 0 bridgehead atoms. The van der Waals surface area contributed by atoms with Crippen molar-refractivity contribution in [2.75, 3.05) is 39.9 Å². The topological polar surface area (TPSA) is 24.5 Å². The number of likely N-dealkylation sites (tertiary alicyclic amines) is 1. The highest BCUT2D eigenvalue weighted by atomic mass is 16.5. The van der Waals surface area contributed by atoms with E-state index in [0.29, 0.717) is 12.0 Å². The molecule has 1 saturated heterocycles.